The lowest BCUT2D eigenvalue weighted by molar-refractivity contribution is 0.0439. The Morgan fingerprint density at radius 1 is 1.53 bits per heavy atom. The molecule has 104 valence electrons. The third-order valence-electron chi connectivity index (χ3n) is 3.17. The minimum absolute atomic E-state index is 0.0538. The average Bonchev–Trinajstić information content (AvgIpc) is 2.45. The highest BCUT2D eigenvalue weighted by Gasteiger charge is 2.21. The van der Waals surface area contributed by atoms with E-state index >= 15 is 0 Å². The van der Waals surface area contributed by atoms with Crippen molar-refractivity contribution in [2.45, 2.75) is 32.3 Å². The van der Waals surface area contributed by atoms with Gasteiger partial charge in [0.1, 0.15) is 17.3 Å². The number of amidine groups is 1. The Hall–Kier alpha value is -1.69. The van der Waals surface area contributed by atoms with Crippen molar-refractivity contribution in [1.82, 2.24) is 9.97 Å². The normalized spacial score (nSPS) is 19.4. The lowest BCUT2D eigenvalue weighted by atomic mass is 10.1. The van der Waals surface area contributed by atoms with Gasteiger partial charge in [-0.2, -0.15) is 0 Å². The fourth-order valence-electron chi connectivity index (χ4n) is 2.19. The second-order valence-electron chi connectivity index (χ2n) is 4.75. The van der Waals surface area contributed by atoms with Gasteiger partial charge in [0, 0.05) is 19.7 Å². The van der Waals surface area contributed by atoms with Gasteiger partial charge in [0.25, 0.3) is 0 Å². The predicted octanol–water partition coefficient (Wildman–Crippen LogP) is 1.16. The predicted molar refractivity (Wildman–Crippen MR) is 74.5 cm³/mol. The smallest absolute Gasteiger partial charge is 0.147 e. The Bertz CT molecular complexity index is 420. The quantitative estimate of drug-likeness (QED) is 0.614. The van der Waals surface area contributed by atoms with Gasteiger partial charge in [-0.15, -0.1) is 0 Å². The number of nitrogens with zero attached hydrogens (tertiary/aromatic N) is 3. The number of anilines is 1. The van der Waals surface area contributed by atoms with Crippen LogP contribution in [0.15, 0.2) is 12.4 Å². The third-order valence-corrected chi connectivity index (χ3v) is 3.17. The zero-order valence-corrected chi connectivity index (χ0v) is 11.3. The Balaban J connectivity index is 1.98. The van der Waals surface area contributed by atoms with E-state index in [1.165, 1.54) is 0 Å². The molecule has 1 saturated heterocycles. The van der Waals surface area contributed by atoms with Gasteiger partial charge in [0.2, 0.25) is 0 Å². The molecule has 0 amide bonds. The molecule has 0 aromatic carbocycles. The number of rotatable bonds is 5. The fraction of sp³-hybridized carbons (Fsp3) is 0.615. The Morgan fingerprint density at radius 2 is 2.37 bits per heavy atom. The van der Waals surface area contributed by atoms with Crippen molar-refractivity contribution in [3.8, 4) is 0 Å². The van der Waals surface area contributed by atoms with E-state index in [9.17, 15) is 0 Å². The van der Waals surface area contributed by atoms with Crippen LogP contribution in [0.3, 0.4) is 0 Å². The minimum atomic E-state index is -0.0538. The third kappa shape index (κ3) is 3.64. The molecule has 2 rings (SSSR count). The summed E-state index contributed by atoms with van der Waals surface area (Å²) in [4.78, 5) is 10.7. The first kappa shape index (κ1) is 13.7. The first-order valence-electron chi connectivity index (χ1n) is 6.73. The molecule has 0 saturated carbocycles. The van der Waals surface area contributed by atoms with E-state index in [2.05, 4.69) is 21.8 Å². The summed E-state index contributed by atoms with van der Waals surface area (Å²) in [6.07, 6.45) is 6.76. The molecule has 0 spiro atoms. The fourth-order valence-corrected chi connectivity index (χ4v) is 2.19. The average molecular weight is 263 g/mol. The van der Waals surface area contributed by atoms with Crippen LogP contribution in [0.25, 0.3) is 0 Å². The zero-order chi connectivity index (χ0) is 13.7. The van der Waals surface area contributed by atoms with E-state index in [1.807, 2.05) is 0 Å². The van der Waals surface area contributed by atoms with E-state index < -0.39 is 0 Å². The largest absolute Gasteiger partial charge is 0.382 e. The summed E-state index contributed by atoms with van der Waals surface area (Å²) in [7, 11) is 0. The van der Waals surface area contributed by atoms with E-state index in [0.717, 1.165) is 44.8 Å². The van der Waals surface area contributed by atoms with E-state index in [0.29, 0.717) is 5.69 Å². The molecule has 2 heterocycles. The second kappa shape index (κ2) is 6.47. The standard InChI is InChI=1S/C13H21N5O/c1-2-6-19-10-4-3-5-18(9-10)12-8-16-11(7-17-12)13(14)15/h7-8,10H,2-6,9H2,1H3,(H3,14,15). The summed E-state index contributed by atoms with van der Waals surface area (Å²) in [5.74, 6) is 0.775. The molecule has 1 unspecified atom stereocenters. The summed E-state index contributed by atoms with van der Waals surface area (Å²) in [6.45, 7) is 4.76. The molecular weight excluding hydrogens is 242 g/mol. The molecule has 1 atom stereocenters. The highest BCUT2D eigenvalue weighted by atomic mass is 16.5. The van der Waals surface area contributed by atoms with Crippen molar-refractivity contribution in [3.63, 3.8) is 0 Å². The van der Waals surface area contributed by atoms with Crippen LogP contribution >= 0.6 is 0 Å². The molecule has 1 aromatic heterocycles. The molecule has 3 N–H and O–H groups in total. The van der Waals surface area contributed by atoms with Crippen LogP contribution in [0.2, 0.25) is 0 Å². The molecular formula is C13H21N5O. The number of hydrogen-bond donors (Lipinski definition) is 2. The van der Waals surface area contributed by atoms with Gasteiger partial charge in [-0.05, 0) is 19.3 Å². The topological polar surface area (TPSA) is 88.1 Å². The van der Waals surface area contributed by atoms with Gasteiger partial charge in [-0.1, -0.05) is 6.92 Å². The van der Waals surface area contributed by atoms with E-state index in [1.54, 1.807) is 12.4 Å². The lowest BCUT2D eigenvalue weighted by Gasteiger charge is -2.33. The molecule has 6 heteroatoms. The summed E-state index contributed by atoms with van der Waals surface area (Å²) in [6, 6.07) is 0. The Morgan fingerprint density at radius 3 is 3.00 bits per heavy atom. The first-order chi connectivity index (χ1) is 9.20. The Labute approximate surface area is 113 Å². The van der Waals surface area contributed by atoms with Crippen molar-refractivity contribution < 1.29 is 4.74 Å². The number of hydrogen-bond acceptors (Lipinski definition) is 5. The number of nitrogens with two attached hydrogens (primary N) is 1. The molecule has 1 aliphatic heterocycles. The number of ether oxygens (including phenoxy) is 1. The molecule has 1 fully saturated rings. The molecule has 0 radical (unpaired) electrons. The monoisotopic (exact) mass is 263 g/mol. The maximum atomic E-state index is 7.30. The van der Waals surface area contributed by atoms with Gasteiger partial charge in [0.05, 0.1) is 18.5 Å². The molecule has 6 nitrogen and oxygen atoms in total. The number of aromatic nitrogens is 2. The lowest BCUT2D eigenvalue weighted by Crippen LogP contribution is -2.40. The number of piperidine rings is 1. The van der Waals surface area contributed by atoms with Crippen LogP contribution in [0.5, 0.6) is 0 Å². The van der Waals surface area contributed by atoms with E-state index in [-0.39, 0.29) is 11.9 Å². The SMILES string of the molecule is CCCOC1CCCN(c2cnc(C(=N)N)cn2)C1. The van der Waals surface area contributed by atoms with Crippen LogP contribution < -0.4 is 10.6 Å². The van der Waals surface area contributed by atoms with E-state index in [4.69, 9.17) is 15.9 Å². The van der Waals surface area contributed by atoms with Crippen LogP contribution in [0, 0.1) is 5.41 Å². The van der Waals surface area contributed by atoms with Crippen LogP contribution in [-0.2, 0) is 4.74 Å². The van der Waals surface area contributed by atoms with Crippen molar-refractivity contribution in [1.29, 1.82) is 5.41 Å². The summed E-state index contributed by atoms with van der Waals surface area (Å²) in [5, 5.41) is 7.30. The highest BCUT2D eigenvalue weighted by molar-refractivity contribution is 5.92. The summed E-state index contributed by atoms with van der Waals surface area (Å²) in [5.41, 5.74) is 5.78. The first-order valence-corrected chi connectivity index (χ1v) is 6.73. The summed E-state index contributed by atoms with van der Waals surface area (Å²) >= 11 is 0. The Kier molecular flexibility index (Phi) is 4.68. The molecule has 19 heavy (non-hydrogen) atoms. The highest BCUT2D eigenvalue weighted by Crippen LogP contribution is 2.18. The maximum absolute atomic E-state index is 7.30. The van der Waals surface area contributed by atoms with Crippen molar-refractivity contribution in [2.75, 3.05) is 24.6 Å². The number of nitrogens with one attached hydrogen (secondary N) is 1. The van der Waals surface area contributed by atoms with Crippen molar-refractivity contribution >= 4 is 11.7 Å². The zero-order valence-electron chi connectivity index (χ0n) is 11.3. The molecule has 0 aliphatic carbocycles. The van der Waals surface area contributed by atoms with Crippen molar-refractivity contribution in [2.24, 2.45) is 5.73 Å². The maximum Gasteiger partial charge on any atom is 0.147 e. The molecule has 0 bridgehead atoms. The van der Waals surface area contributed by atoms with Gasteiger partial charge in [-0.25, -0.2) is 9.97 Å². The van der Waals surface area contributed by atoms with Crippen molar-refractivity contribution in [3.05, 3.63) is 18.1 Å². The van der Waals surface area contributed by atoms with Crippen LogP contribution in [0.1, 0.15) is 31.9 Å². The number of nitrogen functional groups attached to an aromatic ring is 1. The van der Waals surface area contributed by atoms with Gasteiger partial charge in [0.15, 0.2) is 0 Å². The van der Waals surface area contributed by atoms with Gasteiger partial charge >= 0.3 is 0 Å². The minimum Gasteiger partial charge on any atom is -0.382 e. The second-order valence-corrected chi connectivity index (χ2v) is 4.75. The molecule has 1 aliphatic rings. The van der Waals surface area contributed by atoms with Crippen LogP contribution in [0.4, 0.5) is 5.82 Å². The molecule has 1 aromatic rings. The van der Waals surface area contributed by atoms with Crippen LogP contribution in [-0.4, -0.2) is 41.6 Å². The van der Waals surface area contributed by atoms with Gasteiger partial charge < -0.3 is 15.4 Å². The summed E-state index contributed by atoms with van der Waals surface area (Å²) < 4.78 is 5.80. The van der Waals surface area contributed by atoms with Gasteiger partial charge in [-0.3, -0.25) is 5.41 Å².